The number of nitrogens with zero attached hydrogens (tertiary/aromatic N) is 1. The minimum absolute atomic E-state index is 0.359. The first-order chi connectivity index (χ1) is 9.66. The second-order valence-electron chi connectivity index (χ2n) is 6.13. The monoisotopic (exact) mass is 287 g/mol. The standard InChI is InChI=1S/C17H37NO2/c1-3-4-5-6-7-8-9-10-11-12-13-14-15-18(2)16-17(19)20/h17,19-20H,3-16H2,1-2H3. The molecule has 3 heteroatoms. The zero-order valence-electron chi connectivity index (χ0n) is 13.8. The third-order valence-corrected chi connectivity index (χ3v) is 3.87. The van der Waals surface area contributed by atoms with E-state index in [1.807, 2.05) is 11.9 Å². The van der Waals surface area contributed by atoms with Crippen molar-refractivity contribution >= 4 is 0 Å². The summed E-state index contributed by atoms with van der Waals surface area (Å²) in [6.45, 7) is 3.59. The van der Waals surface area contributed by atoms with Crippen LogP contribution in [0.1, 0.15) is 84.0 Å². The van der Waals surface area contributed by atoms with Crippen molar-refractivity contribution < 1.29 is 10.2 Å². The number of hydrogen-bond donors (Lipinski definition) is 2. The molecule has 0 aliphatic carbocycles. The van der Waals surface area contributed by atoms with Crippen LogP contribution < -0.4 is 0 Å². The smallest absolute Gasteiger partial charge is 0.164 e. The van der Waals surface area contributed by atoms with Crippen LogP contribution in [-0.2, 0) is 0 Å². The van der Waals surface area contributed by atoms with E-state index >= 15 is 0 Å². The highest BCUT2D eigenvalue weighted by Gasteiger charge is 2.03. The predicted octanol–water partition coefficient (Wildman–Crippen LogP) is 3.93. The van der Waals surface area contributed by atoms with E-state index < -0.39 is 6.29 Å². The summed E-state index contributed by atoms with van der Waals surface area (Å²) in [5.41, 5.74) is 0. The van der Waals surface area contributed by atoms with Gasteiger partial charge < -0.3 is 15.1 Å². The lowest BCUT2D eigenvalue weighted by Crippen LogP contribution is -2.29. The van der Waals surface area contributed by atoms with E-state index in [1.54, 1.807) is 0 Å². The van der Waals surface area contributed by atoms with E-state index in [9.17, 15) is 0 Å². The number of aliphatic hydroxyl groups excluding tert-OH is 1. The normalized spacial score (nSPS) is 11.7. The molecular formula is C17H37NO2. The Morgan fingerprint density at radius 1 is 0.700 bits per heavy atom. The SMILES string of the molecule is CCCCCCCCCCCCCCN(C)CC(O)O. The maximum atomic E-state index is 8.83. The first kappa shape index (κ1) is 19.9. The molecule has 0 bridgehead atoms. The summed E-state index contributed by atoms with van der Waals surface area (Å²) in [6, 6.07) is 0. The molecule has 0 atom stereocenters. The maximum Gasteiger partial charge on any atom is 0.164 e. The van der Waals surface area contributed by atoms with Gasteiger partial charge in [-0.3, -0.25) is 0 Å². The fourth-order valence-corrected chi connectivity index (χ4v) is 2.59. The molecule has 0 aromatic heterocycles. The van der Waals surface area contributed by atoms with Crippen molar-refractivity contribution in [2.75, 3.05) is 20.1 Å². The quantitative estimate of drug-likeness (QED) is 0.354. The zero-order valence-corrected chi connectivity index (χ0v) is 13.8. The van der Waals surface area contributed by atoms with E-state index in [1.165, 1.54) is 77.0 Å². The lowest BCUT2D eigenvalue weighted by atomic mass is 10.1. The minimum atomic E-state index is -1.20. The van der Waals surface area contributed by atoms with Gasteiger partial charge in [0.15, 0.2) is 6.29 Å². The second kappa shape index (κ2) is 15.3. The van der Waals surface area contributed by atoms with Crippen LogP contribution in [0.15, 0.2) is 0 Å². The van der Waals surface area contributed by atoms with Crippen molar-refractivity contribution in [3.63, 3.8) is 0 Å². The molecule has 0 saturated heterocycles. The van der Waals surface area contributed by atoms with Gasteiger partial charge in [0.25, 0.3) is 0 Å². The van der Waals surface area contributed by atoms with E-state index in [0.717, 1.165) is 6.54 Å². The number of likely N-dealkylation sites (N-methyl/N-ethyl adjacent to an activating group) is 1. The molecule has 3 nitrogen and oxygen atoms in total. The molecule has 0 aromatic carbocycles. The van der Waals surface area contributed by atoms with Crippen molar-refractivity contribution in [2.45, 2.75) is 90.3 Å². The summed E-state index contributed by atoms with van der Waals surface area (Å²) < 4.78 is 0. The maximum absolute atomic E-state index is 8.83. The van der Waals surface area contributed by atoms with Gasteiger partial charge in [0.05, 0.1) is 0 Å². The zero-order chi connectivity index (χ0) is 15.1. The molecule has 0 unspecified atom stereocenters. The molecule has 0 heterocycles. The van der Waals surface area contributed by atoms with Gasteiger partial charge in [-0.15, -0.1) is 0 Å². The number of unbranched alkanes of at least 4 members (excludes halogenated alkanes) is 11. The molecule has 0 saturated carbocycles. The number of hydrogen-bond acceptors (Lipinski definition) is 3. The van der Waals surface area contributed by atoms with E-state index in [4.69, 9.17) is 10.2 Å². The first-order valence-corrected chi connectivity index (χ1v) is 8.71. The van der Waals surface area contributed by atoms with Gasteiger partial charge in [-0.2, -0.15) is 0 Å². The Morgan fingerprint density at radius 2 is 1.10 bits per heavy atom. The molecule has 0 spiro atoms. The second-order valence-corrected chi connectivity index (χ2v) is 6.13. The Balaban J connectivity index is 3.06. The van der Waals surface area contributed by atoms with Gasteiger partial charge in [-0.05, 0) is 20.0 Å². The van der Waals surface area contributed by atoms with Gasteiger partial charge in [0.2, 0.25) is 0 Å². The fraction of sp³-hybridized carbons (Fsp3) is 1.00. The Kier molecular flexibility index (Phi) is 15.2. The van der Waals surface area contributed by atoms with E-state index in [0.29, 0.717) is 6.54 Å². The van der Waals surface area contributed by atoms with Crippen LogP contribution in [0.4, 0.5) is 0 Å². The molecular weight excluding hydrogens is 250 g/mol. The molecule has 0 amide bonds. The van der Waals surface area contributed by atoms with Crippen molar-refractivity contribution in [1.29, 1.82) is 0 Å². The summed E-state index contributed by atoms with van der Waals surface area (Å²) >= 11 is 0. The first-order valence-electron chi connectivity index (χ1n) is 8.71. The lowest BCUT2D eigenvalue weighted by molar-refractivity contribution is -0.0573. The predicted molar refractivity (Wildman–Crippen MR) is 86.8 cm³/mol. The third-order valence-electron chi connectivity index (χ3n) is 3.87. The molecule has 0 radical (unpaired) electrons. The van der Waals surface area contributed by atoms with Crippen LogP contribution in [0.3, 0.4) is 0 Å². The van der Waals surface area contributed by atoms with Crippen molar-refractivity contribution in [2.24, 2.45) is 0 Å². The Morgan fingerprint density at radius 3 is 1.50 bits per heavy atom. The molecule has 20 heavy (non-hydrogen) atoms. The van der Waals surface area contributed by atoms with Gasteiger partial charge in [0.1, 0.15) is 0 Å². The summed E-state index contributed by atoms with van der Waals surface area (Å²) in [5.74, 6) is 0. The van der Waals surface area contributed by atoms with Crippen LogP contribution in [0.5, 0.6) is 0 Å². The van der Waals surface area contributed by atoms with Gasteiger partial charge in [-0.25, -0.2) is 0 Å². The average Bonchev–Trinajstić information content (AvgIpc) is 2.39. The summed E-state index contributed by atoms with van der Waals surface area (Å²) in [6.07, 6.45) is 15.2. The average molecular weight is 287 g/mol. The molecule has 0 fully saturated rings. The Hall–Kier alpha value is -0.120. The van der Waals surface area contributed by atoms with Crippen LogP contribution in [0.25, 0.3) is 0 Å². The molecule has 0 aromatic rings. The van der Waals surface area contributed by atoms with Gasteiger partial charge in [-0.1, -0.05) is 77.6 Å². The van der Waals surface area contributed by atoms with Crippen LogP contribution in [0.2, 0.25) is 0 Å². The highest BCUT2D eigenvalue weighted by atomic mass is 16.5. The Bertz CT molecular complexity index is 186. The molecule has 2 N–H and O–H groups in total. The summed E-state index contributed by atoms with van der Waals surface area (Å²) in [4.78, 5) is 1.99. The fourth-order valence-electron chi connectivity index (χ4n) is 2.59. The van der Waals surface area contributed by atoms with Crippen molar-refractivity contribution in [3.05, 3.63) is 0 Å². The summed E-state index contributed by atoms with van der Waals surface area (Å²) in [7, 11) is 1.94. The van der Waals surface area contributed by atoms with Crippen LogP contribution in [0, 0.1) is 0 Å². The highest BCUT2D eigenvalue weighted by molar-refractivity contribution is 4.54. The van der Waals surface area contributed by atoms with Gasteiger partial charge >= 0.3 is 0 Å². The largest absolute Gasteiger partial charge is 0.367 e. The number of rotatable bonds is 15. The van der Waals surface area contributed by atoms with Crippen LogP contribution in [-0.4, -0.2) is 41.5 Å². The number of aliphatic hydroxyl groups is 2. The summed E-state index contributed by atoms with van der Waals surface area (Å²) in [5, 5.41) is 17.7. The lowest BCUT2D eigenvalue weighted by Gasteiger charge is -2.17. The molecule has 122 valence electrons. The van der Waals surface area contributed by atoms with Crippen LogP contribution >= 0.6 is 0 Å². The third kappa shape index (κ3) is 15.9. The van der Waals surface area contributed by atoms with E-state index in [2.05, 4.69) is 6.92 Å². The molecule has 0 aliphatic rings. The van der Waals surface area contributed by atoms with E-state index in [-0.39, 0.29) is 0 Å². The topological polar surface area (TPSA) is 43.7 Å². The molecule has 0 aliphatic heterocycles. The van der Waals surface area contributed by atoms with Crippen molar-refractivity contribution in [1.82, 2.24) is 4.90 Å². The molecule has 0 rings (SSSR count). The van der Waals surface area contributed by atoms with Gasteiger partial charge in [0, 0.05) is 6.54 Å². The highest BCUT2D eigenvalue weighted by Crippen LogP contribution is 2.11. The Labute approximate surface area is 126 Å². The van der Waals surface area contributed by atoms with Crippen molar-refractivity contribution in [3.8, 4) is 0 Å². The minimum Gasteiger partial charge on any atom is -0.367 e.